The first kappa shape index (κ1) is 16.9. The lowest BCUT2D eigenvalue weighted by Crippen LogP contribution is -2.34. The first-order valence-electron chi connectivity index (χ1n) is 6.93. The Morgan fingerprint density at radius 3 is 2.59 bits per heavy atom. The van der Waals surface area contributed by atoms with Crippen LogP contribution >= 0.6 is 22.6 Å². The molecule has 0 aliphatic rings. The fourth-order valence-electron chi connectivity index (χ4n) is 2.24. The van der Waals surface area contributed by atoms with Crippen molar-refractivity contribution in [2.75, 3.05) is 20.6 Å². The zero-order valence-corrected chi connectivity index (χ0v) is 14.7. The summed E-state index contributed by atoms with van der Waals surface area (Å²) in [6.45, 7) is 0.417. The molecule has 0 fully saturated rings. The third kappa shape index (κ3) is 4.27. The Kier molecular flexibility index (Phi) is 5.90. The molecule has 3 nitrogen and oxygen atoms in total. The summed E-state index contributed by atoms with van der Waals surface area (Å²) < 4.78 is 14.3. The quantitative estimate of drug-likeness (QED) is 0.764. The number of nitrogens with one attached hydrogen (secondary N) is 1. The summed E-state index contributed by atoms with van der Waals surface area (Å²) >= 11 is 2.14. The number of carbonyl (C=O) groups excluding carboxylic acids is 1. The molecule has 0 unspecified atom stereocenters. The van der Waals surface area contributed by atoms with Crippen molar-refractivity contribution in [3.8, 4) is 0 Å². The molecule has 5 heteroatoms. The molecule has 0 radical (unpaired) electrons. The average molecular weight is 412 g/mol. The maximum atomic E-state index is 13.4. The molecule has 0 bridgehead atoms. The normalized spacial score (nSPS) is 12.2. The van der Waals surface area contributed by atoms with E-state index >= 15 is 0 Å². The van der Waals surface area contributed by atoms with E-state index in [1.807, 2.05) is 43.3 Å². The molecule has 22 heavy (non-hydrogen) atoms. The van der Waals surface area contributed by atoms with Gasteiger partial charge in [-0.25, -0.2) is 4.39 Å². The van der Waals surface area contributed by atoms with Gasteiger partial charge in [-0.1, -0.05) is 24.3 Å². The van der Waals surface area contributed by atoms with E-state index in [1.165, 1.54) is 12.1 Å². The molecule has 1 amide bonds. The molecule has 2 aromatic rings. The molecule has 0 aliphatic carbocycles. The van der Waals surface area contributed by atoms with Gasteiger partial charge in [-0.15, -0.1) is 0 Å². The third-order valence-electron chi connectivity index (χ3n) is 3.43. The minimum atomic E-state index is -0.270. The van der Waals surface area contributed by atoms with Gasteiger partial charge in [0.1, 0.15) is 5.82 Å². The number of benzene rings is 2. The standard InChI is InChI=1S/C17H18FIN2O/c1-21(2)16(12-6-5-7-13(18)10-12)11-20-17(22)14-8-3-4-9-15(14)19/h3-10,16H,11H2,1-2H3,(H,20,22)/t16-/m1/s1. The summed E-state index contributed by atoms with van der Waals surface area (Å²) in [6.07, 6.45) is 0. The number of halogens is 2. The van der Waals surface area contributed by atoms with Crippen molar-refractivity contribution in [3.63, 3.8) is 0 Å². The van der Waals surface area contributed by atoms with Crippen LogP contribution in [0.15, 0.2) is 48.5 Å². The van der Waals surface area contributed by atoms with Gasteiger partial charge in [-0.05, 0) is 66.5 Å². The van der Waals surface area contributed by atoms with Crippen molar-refractivity contribution in [3.05, 3.63) is 69.0 Å². The number of amides is 1. The van der Waals surface area contributed by atoms with Crippen LogP contribution in [0.3, 0.4) is 0 Å². The van der Waals surface area contributed by atoms with Gasteiger partial charge in [0.25, 0.3) is 5.91 Å². The van der Waals surface area contributed by atoms with Gasteiger partial charge in [-0.3, -0.25) is 4.79 Å². The second-order valence-corrected chi connectivity index (χ2v) is 6.39. The van der Waals surface area contributed by atoms with E-state index in [-0.39, 0.29) is 17.8 Å². The van der Waals surface area contributed by atoms with E-state index in [0.717, 1.165) is 9.13 Å². The van der Waals surface area contributed by atoms with E-state index in [2.05, 4.69) is 27.9 Å². The molecule has 0 saturated carbocycles. The van der Waals surface area contributed by atoms with Crippen molar-refractivity contribution >= 4 is 28.5 Å². The molecule has 2 rings (SSSR count). The highest BCUT2D eigenvalue weighted by molar-refractivity contribution is 14.1. The van der Waals surface area contributed by atoms with Crippen LogP contribution in [0.4, 0.5) is 4.39 Å². The van der Waals surface area contributed by atoms with E-state index in [0.29, 0.717) is 12.1 Å². The summed E-state index contributed by atoms with van der Waals surface area (Å²) in [4.78, 5) is 14.2. The van der Waals surface area contributed by atoms with Gasteiger partial charge in [0.05, 0.1) is 11.6 Å². The van der Waals surface area contributed by atoms with Gasteiger partial charge in [-0.2, -0.15) is 0 Å². The number of rotatable bonds is 5. The van der Waals surface area contributed by atoms with Crippen molar-refractivity contribution in [1.29, 1.82) is 0 Å². The monoisotopic (exact) mass is 412 g/mol. The highest BCUT2D eigenvalue weighted by Crippen LogP contribution is 2.19. The smallest absolute Gasteiger partial charge is 0.252 e. The van der Waals surface area contributed by atoms with E-state index < -0.39 is 0 Å². The van der Waals surface area contributed by atoms with Crippen LogP contribution in [0.1, 0.15) is 22.0 Å². The SMILES string of the molecule is CN(C)[C@H](CNC(=O)c1ccccc1I)c1cccc(F)c1. The van der Waals surface area contributed by atoms with Gasteiger partial charge in [0.15, 0.2) is 0 Å². The summed E-state index contributed by atoms with van der Waals surface area (Å²) in [6, 6.07) is 13.8. The molecule has 1 N–H and O–H groups in total. The fourth-order valence-corrected chi connectivity index (χ4v) is 2.87. The summed E-state index contributed by atoms with van der Waals surface area (Å²) in [5.74, 6) is -0.387. The summed E-state index contributed by atoms with van der Waals surface area (Å²) in [5, 5.41) is 2.93. The third-order valence-corrected chi connectivity index (χ3v) is 4.37. The Morgan fingerprint density at radius 1 is 1.23 bits per heavy atom. The van der Waals surface area contributed by atoms with Gasteiger partial charge < -0.3 is 10.2 Å². The van der Waals surface area contributed by atoms with E-state index in [9.17, 15) is 9.18 Å². The number of hydrogen-bond acceptors (Lipinski definition) is 2. The van der Waals surface area contributed by atoms with Gasteiger partial charge in [0, 0.05) is 10.1 Å². The fraction of sp³-hybridized carbons (Fsp3) is 0.235. The Balaban J connectivity index is 2.10. The molecular formula is C17H18FIN2O. The number of carbonyl (C=O) groups is 1. The largest absolute Gasteiger partial charge is 0.350 e. The van der Waals surface area contributed by atoms with Crippen molar-refractivity contribution in [2.24, 2.45) is 0 Å². The van der Waals surface area contributed by atoms with E-state index in [1.54, 1.807) is 12.1 Å². The minimum Gasteiger partial charge on any atom is -0.350 e. The zero-order chi connectivity index (χ0) is 16.1. The molecule has 0 spiro atoms. The summed E-state index contributed by atoms with van der Waals surface area (Å²) in [7, 11) is 3.82. The van der Waals surface area contributed by atoms with Crippen LogP contribution in [0.25, 0.3) is 0 Å². The highest BCUT2D eigenvalue weighted by atomic mass is 127. The van der Waals surface area contributed by atoms with Crippen molar-refractivity contribution in [2.45, 2.75) is 6.04 Å². The maximum Gasteiger partial charge on any atom is 0.252 e. The minimum absolute atomic E-state index is 0.0824. The Morgan fingerprint density at radius 2 is 1.95 bits per heavy atom. The zero-order valence-electron chi connectivity index (χ0n) is 12.5. The topological polar surface area (TPSA) is 32.3 Å². The second kappa shape index (κ2) is 7.69. The first-order chi connectivity index (χ1) is 10.5. The predicted molar refractivity (Wildman–Crippen MR) is 94.3 cm³/mol. The van der Waals surface area contributed by atoms with Crippen molar-refractivity contribution in [1.82, 2.24) is 10.2 Å². The maximum absolute atomic E-state index is 13.4. The average Bonchev–Trinajstić information content (AvgIpc) is 2.47. The van der Waals surface area contributed by atoms with Crippen LogP contribution < -0.4 is 5.32 Å². The summed E-state index contributed by atoms with van der Waals surface area (Å²) in [5.41, 5.74) is 1.49. The van der Waals surface area contributed by atoms with Crippen molar-refractivity contribution < 1.29 is 9.18 Å². The lowest BCUT2D eigenvalue weighted by molar-refractivity contribution is 0.0941. The lowest BCUT2D eigenvalue weighted by Gasteiger charge is -2.25. The molecule has 0 aromatic heterocycles. The van der Waals surface area contributed by atoms with Crippen LogP contribution in [0.5, 0.6) is 0 Å². The Bertz CT molecular complexity index is 661. The van der Waals surface area contributed by atoms with E-state index in [4.69, 9.17) is 0 Å². The second-order valence-electron chi connectivity index (χ2n) is 5.22. The molecular weight excluding hydrogens is 394 g/mol. The highest BCUT2D eigenvalue weighted by Gasteiger charge is 2.17. The molecule has 0 heterocycles. The van der Waals surface area contributed by atoms with Crippen LogP contribution in [-0.2, 0) is 0 Å². The number of likely N-dealkylation sites (N-methyl/N-ethyl adjacent to an activating group) is 1. The molecule has 1 atom stereocenters. The molecule has 2 aromatic carbocycles. The van der Waals surface area contributed by atoms with Crippen LogP contribution in [-0.4, -0.2) is 31.4 Å². The van der Waals surface area contributed by atoms with Gasteiger partial charge >= 0.3 is 0 Å². The van der Waals surface area contributed by atoms with Gasteiger partial charge in [0.2, 0.25) is 0 Å². The predicted octanol–water partition coefficient (Wildman–Crippen LogP) is 3.46. The number of nitrogens with zero attached hydrogens (tertiary/aromatic N) is 1. The van der Waals surface area contributed by atoms with Crippen LogP contribution in [0.2, 0.25) is 0 Å². The molecule has 0 aliphatic heterocycles. The lowest BCUT2D eigenvalue weighted by atomic mass is 10.1. The molecule has 0 saturated heterocycles. The Labute approximate surface area is 143 Å². The Hall–Kier alpha value is -1.47. The van der Waals surface area contributed by atoms with Crippen LogP contribution in [0, 0.1) is 9.39 Å². The number of hydrogen-bond donors (Lipinski definition) is 1. The first-order valence-corrected chi connectivity index (χ1v) is 8.01. The molecule has 116 valence electrons.